The van der Waals surface area contributed by atoms with Crippen LogP contribution in [0, 0.1) is 0 Å². The Morgan fingerprint density at radius 1 is 1.33 bits per heavy atom. The van der Waals surface area contributed by atoms with Crippen molar-refractivity contribution in [2.75, 3.05) is 24.0 Å². The van der Waals surface area contributed by atoms with Gasteiger partial charge in [-0.15, -0.1) is 0 Å². The summed E-state index contributed by atoms with van der Waals surface area (Å²) in [6.07, 6.45) is 3.34. The van der Waals surface area contributed by atoms with E-state index in [4.69, 9.17) is 0 Å². The fourth-order valence-electron chi connectivity index (χ4n) is 2.21. The lowest BCUT2D eigenvalue weighted by molar-refractivity contribution is 0.424. The van der Waals surface area contributed by atoms with E-state index in [0.29, 0.717) is 6.04 Å². The van der Waals surface area contributed by atoms with Crippen molar-refractivity contribution < 1.29 is 0 Å². The molecule has 0 aliphatic heterocycles. The molecule has 0 amide bonds. The first-order valence-electron chi connectivity index (χ1n) is 7.53. The molecule has 0 saturated carbocycles. The van der Waals surface area contributed by atoms with Gasteiger partial charge in [-0.25, -0.2) is 0 Å². The average Bonchev–Trinajstić information content (AvgIpc) is 2.41. The summed E-state index contributed by atoms with van der Waals surface area (Å²) in [4.78, 5) is 2.39. The fraction of sp³-hybridized carbons (Fsp3) is 0.647. The minimum atomic E-state index is 0.146. The van der Waals surface area contributed by atoms with Gasteiger partial charge in [0, 0.05) is 35.4 Å². The van der Waals surface area contributed by atoms with E-state index >= 15 is 0 Å². The third-order valence-electron chi connectivity index (χ3n) is 3.59. The lowest BCUT2D eigenvalue weighted by Crippen LogP contribution is -2.35. The van der Waals surface area contributed by atoms with Gasteiger partial charge in [0.05, 0.1) is 5.69 Å². The maximum atomic E-state index is 3.74. The van der Waals surface area contributed by atoms with E-state index in [1.54, 1.807) is 0 Å². The first-order chi connectivity index (χ1) is 9.78. The second kappa shape index (κ2) is 8.44. The van der Waals surface area contributed by atoms with Crippen LogP contribution in [0.2, 0.25) is 0 Å². The van der Waals surface area contributed by atoms with E-state index in [0.717, 1.165) is 18.7 Å². The number of nitrogens with zero attached hydrogens (tertiary/aromatic N) is 1. The summed E-state index contributed by atoms with van der Waals surface area (Å²) < 4.78 is 1.18. The van der Waals surface area contributed by atoms with Crippen molar-refractivity contribution in [2.24, 2.45) is 0 Å². The zero-order chi connectivity index (χ0) is 16.0. The Hall–Kier alpha value is -0.190. The number of anilines is 1. The van der Waals surface area contributed by atoms with Gasteiger partial charge < -0.3 is 10.2 Å². The van der Waals surface area contributed by atoms with Crippen molar-refractivity contribution in [3.63, 3.8) is 0 Å². The Labute approximate surface area is 143 Å². The SMILES string of the molecule is CCC(CSC)N(C)c1ccc(CNC(C)(C)C)cc1Br. The first-order valence-corrected chi connectivity index (χ1v) is 9.72. The number of hydrogen-bond donors (Lipinski definition) is 1. The lowest BCUT2D eigenvalue weighted by Gasteiger charge is -2.30. The standard InChI is InChI=1S/C17H29BrN2S/c1-7-14(12-21-6)20(5)16-9-8-13(10-15(16)18)11-19-17(2,3)4/h8-10,14,19H,7,11-12H2,1-6H3. The van der Waals surface area contributed by atoms with Crippen LogP contribution in [0.3, 0.4) is 0 Å². The molecule has 21 heavy (non-hydrogen) atoms. The average molecular weight is 373 g/mol. The molecule has 1 N–H and O–H groups in total. The largest absolute Gasteiger partial charge is 0.370 e. The molecular formula is C17H29BrN2S. The summed E-state index contributed by atoms with van der Waals surface area (Å²) in [6, 6.07) is 7.26. The van der Waals surface area contributed by atoms with Gasteiger partial charge >= 0.3 is 0 Å². The van der Waals surface area contributed by atoms with Crippen LogP contribution in [-0.4, -0.2) is 30.6 Å². The Bertz CT molecular complexity index is 443. The lowest BCUT2D eigenvalue weighted by atomic mass is 10.1. The second-order valence-electron chi connectivity index (χ2n) is 6.52. The van der Waals surface area contributed by atoms with Crippen LogP contribution < -0.4 is 10.2 Å². The minimum absolute atomic E-state index is 0.146. The van der Waals surface area contributed by atoms with Gasteiger partial charge in [-0.2, -0.15) is 11.8 Å². The maximum Gasteiger partial charge on any atom is 0.0511 e. The molecule has 0 aromatic heterocycles. The molecule has 0 aliphatic carbocycles. The molecule has 120 valence electrons. The normalized spacial score (nSPS) is 13.3. The summed E-state index contributed by atoms with van der Waals surface area (Å²) in [5, 5.41) is 3.53. The molecule has 2 nitrogen and oxygen atoms in total. The van der Waals surface area contributed by atoms with Crippen LogP contribution in [-0.2, 0) is 6.54 Å². The quantitative estimate of drug-likeness (QED) is 0.731. The summed E-state index contributed by atoms with van der Waals surface area (Å²) in [6.45, 7) is 9.73. The van der Waals surface area contributed by atoms with Gasteiger partial charge in [0.25, 0.3) is 0 Å². The molecule has 0 heterocycles. The van der Waals surface area contributed by atoms with Crippen molar-refractivity contribution in [3.05, 3.63) is 28.2 Å². The molecule has 0 fully saturated rings. The Kier molecular flexibility index (Phi) is 7.58. The smallest absolute Gasteiger partial charge is 0.0511 e. The van der Waals surface area contributed by atoms with Gasteiger partial charge in [-0.1, -0.05) is 13.0 Å². The molecule has 4 heteroatoms. The molecule has 1 unspecified atom stereocenters. The van der Waals surface area contributed by atoms with E-state index in [1.165, 1.54) is 15.7 Å². The summed E-state index contributed by atoms with van der Waals surface area (Å²) >= 11 is 5.65. The fourth-order valence-corrected chi connectivity index (χ4v) is 3.76. The van der Waals surface area contributed by atoms with E-state index < -0.39 is 0 Å². The van der Waals surface area contributed by atoms with Crippen LogP contribution in [0.25, 0.3) is 0 Å². The summed E-state index contributed by atoms with van der Waals surface area (Å²) in [5.74, 6) is 1.16. The van der Waals surface area contributed by atoms with Crippen LogP contribution >= 0.6 is 27.7 Å². The Morgan fingerprint density at radius 3 is 2.48 bits per heavy atom. The molecule has 1 aromatic carbocycles. The molecule has 0 spiro atoms. The summed E-state index contributed by atoms with van der Waals surface area (Å²) in [5.41, 5.74) is 2.73. The number of rotatable bonds is 7. The van der Waals surface area contributed by atoms with Gasteiger partial charge in [-0.3, -0.25) is 0 Å². The van der Waals surface area contributed by atoms with Crippen molar-refractivity contribution in [1.29, 1.82) is 0 Å². The van der Waals surface area contributed by atoms with Crippen molar-refractivity contribution in [1.82, 2.24) is 5.32 Å². The molecule has 1 atom stereocenters. The van der Waals surface area contributed by atoms with E-state index in [-0.39, 0.29) is 5.54 Å². The molecule has 0 aliphatic rings. The number of nitrogens with one attached hydrogen (secondary N) is 1. The minimum Gasteiger partial charge on any atom is -0.370 e. The third kappa shape index (κ3) is 6.21. The zero-order valence-corrected chi connectivity index (χ0v) is 16.6. The topological polar surface area (TPSA) is 15.3 Å². The van der Waals surface area contributed by atoms with Gasteiger partial charge in [0.15, 0.2) is 0 Å². The number of benzene rings is 1. The predicted octanol–water partition coefficient (Wildman–Crippen LogP) is 4.92. The second-order valence-corrected chi connectivity index (χ2v) is 8.28. The van der Waals surface area contributed by atoms with Crippen LogP contribution in [0.4, 0.5) is 5.69 Å². The van der Waals surface area contributed by atoms with Crippen molar-refractivity contribution in [2.45, 2.75) is 52.2 Å². The Balaban J connectivity index is 2.82. The monoisotopic (exact) mass is 372 g/mol. The van der Waals surface area contributed by atoms with Crippen LogP contribution in [0.1, 0.15) is 39.7 Å². The molecular weight excluding hydrogens is 344 g/mol. The molecule has 0 radical (unpaired) electrons. The number of thioether (sulfide) groups is 1. The van der Waals surface area contributed by atoms with E-state index in [2.05, 4.69) is 85.3 Å². The van der Waals surface area contributed by atoms with E-state index in [1.807, 2.05) is 11.8 Å². The zero-order valence-electron chi connectivity index (χ0n) is 14.2. The number of hydrogen-bond acceptors (Lipinski definition) is 3. The molecule has 0 saturated heterocycles. The Morgan fingerprint density at radius 2 is 2.00 bits per heavy atom. The highest BCUT2D eigenvalue weighted by molar-refractivity contribution is 9.10. The highest BCUT2D eigenvalue weighted by atomic mass is 79.9. The van der Waals surface area contributed by atoms with Crippen molar-refractivity contribution in [3.8, 4) is 0 Å². The third-order valence-corrected chi connectivity index (χ3v) is 4.95. The van der Waals surface area contributed by atoms with E-state index in [9.17, 15) is 0 Å². The van der Waals surface area contributed by atoms with Gasteiger partial charge in [0.1, 0.15) is 0 Å². The van der Waals surface area contributed by atoms with Gasteiger partial charge in [-0.05, 0) is 67.1 Å². The highest BCUT2D eigenvalue weighted by Gasteiger charge is 2.16. The first kappa shape index (κ1) is 18.9. The summed E-state index contributed by atoms with van der Waals surface area (Å²) in [7, 11) is 2.19. The maximum absolute atomic E-state index is 3.74. The highest BCUT2D eigenvalue weighted by Crippen LogP contribution is 2.29. The predicted molar refractivity (Wildman–Crippen MR) is 102 cm³/mol. The van der Waals surface area contributed by atoms with Gasteiger partial charge in [0.2, 0.25) is 0 Å². The van der Waals surface area contributed by atoms with Crippen molar-refractivity contribution >= 4 is 33.4 Å². The molecule has 0 bridgehead atoms. The van der Waals surface area contributed by atoms with Crippen LogP contribution in [0.5, 0.6) is 0 Å². The molecule has 1 rings (SSSR count). The van der Waals surface area contributed by atoms with Crippen LogP contribution in [0.15, 0.2) is 22.7 Å². The molecule has 1 aromatic rings. The number of halogens is 1.